The number of hydrogen-bond acceptors (Lipinski definition) is 2. The largest absolute Gasteiger partial charge is 0.398 e. The Morgan fingerprint density at radius 3 is 2.93 bits per heavy atom. The highest BCUT2D eigenvalue weighted by atomic mass is 79.9. The van der Waals surface area contributed by atoms with E-state index in [1.807, 2.05) is 25.1 Å². The van der Waals surface area contributed by atoms with Gasteiger partial charge < -0.3 is 5.73 Å². The average Bonchev–Trinajstić information content (AvgIpc) is 2.15. The summed E-state index contributed by atoms with van der Waals surface area (Å²) in [6.45, 7) is 1.86. The highest BCUT2D eigenvalue weighted by Crippen LogP contribution is 2.27. The molecule has 1 rings (SSSR count). The molecule has 0 spiro atoms. The highest BCUT2D eigenvalue weighted by Gasteiger charge is 1.99. The monoisotopic (exact) mass is 269 g/mol. The topological polar surface area (TPSA) is 26.0 Å². The SMILES string of the molecule is CC#CCCSc1ccc(Br)cc1N. The van der Waals surface area contributed by atoms with Crippen LogP contribution in [0.15, 0.2) is 27.6 Å². The predicted molar refractivity (Wildman–Crippen MR) is 67.3 cm³/mol. The molecule has 14 heavy (non-hydrogen) atoms. The fourth-order valence-corrected chi connectivity index (χ4v) is 2.18. The first-order chi connectivity index (χ1) is 6.74. The van der Waals surface area contributed by atoms with Gasteiger partial charge in [-0.25, -0.2) is 0 Å². The molecule has 0 unspecified atom stereocenters. The van der Waals surface area contributed by atoms with Crippen molar-refractivity contribution in [2.45, 2.75) is 18.2 Å². The zero-order valence-corrected chi connectivity index (χ0v) is 10.4. The first-order valence-electron chi connectivity index (χ1n) is 4.31. The molecule has 74 valence electrons. The molecule has 0 bridgehead atoms. The van der Waals surface area contributed by atoms with Gasteiger partial charge in [0.25, 0.3) is 0 Å². The van der Waals surface area contributed by atoms with Gasteiger partial charge in [0.15, 0.2) is 0 Å². The van der Waals surface area contributed by atoms with Crippen molar-refractivity contribution in [3.63, 3.8) is 0 Å². The molecule has 0 atom stereocenters. The van der Waals surface area contributed by atoms with Crippen LogP contribution < -0.4 is 5.73 Å². The molecule has 2 N–H and O–H groups in total. The zero-order chi connectivity index (χ0) is 10.4. The summed E-state index contributed by atoms with van der Waals surface area (Å²) in [7, 11) is 0. The summed E-state index contributed by atoms with van der Waals surface area (Å²) in [5, 5.41) is 0. The fraction of sp³-hybridized carbons (Fsp3) is 0.273. The number of benzene rings is 1. The fourth-order valence-electron chi connectivity index (χ4n) is 0.988. The molecule has 1 aromatic rings. The Morgan fingerprint density at radius 2 is 2.29 bits per heavy atom. The van der Waals surface area contributed by atoms with E-state index in [1.54, 1.807) is 11.8 Å². The lowest BCUT2D eigenvalue weighted by Crippen LogP contribution is -1.88. The number of thioether (sulfide) groups is 1. The summed E-state index contributed by atoms with van der Waals surface area (Å²) in [5.41, 5.74) is 6.68. The van der Waals surface area contributed by atoms with Crippen LogP contribution in [-0.2, 0) is 0 Å². The summed E-state index contributed by atoms with van der Waals surface area (Å²) < 4.78 is 1.02. The molecule has 3 heteroatoms. The van der Waals surface area contributed by atoms with E-state index in [-0.39, 0.29) is 0 Å². The zero-order valence-electron chi connectivity index (χ0n) is 8.01. The van der Waals surface area contributed by atoms with Gasteiger partial charge in [0.1, 0.15) is 0 Å². The maximum Gasteiger partial charge on any atom is 0.0463 e. The van der Waals surface area contributed by atoms with Crippen molar-refractivity contribution in [2.75, 3.05) is 11.5 Å². The van der Waals surface area contributed by atoms with E-state index in [0.717, 1.165) is 27.2 Å². The Labute approximate surface area is 97.6 Å². The predicted octanol–water partition coefficient (Wildman–Crippen LogP) is 3.54. The van der Waals surface area contributed by atoms with Crippen LogP contribution in [-0.4, -0.2) is 5.75 Å². The molecular weight excluding hydrogens is 258 g/mol. The second kappa shape index (κ2) is 6.00. The first-order valence-corrected chi connectivity index (χ1v) is 6.09. The minimum Gasteiger partial charge on any atom is -0.398 e. The third kappa shape index (κ3) is 3.65. The van der Waals surface area contributed by atoms with Gasteiger partial charge in [-0.3, -0.25) is 0 Å². The summed E-state index contributed by atoms with van der Waals surface area (Å²) in [6, 6.07) is 5.96. The quantitative estimate of drug-likeness (QED) is 0.393. The van der Waals surface area contributed by atoms with Crippen LogP contribution in [0, 0.1) is 11.8 Å². The molecule has 0 saturated carbocycles. The molecule has 0 aliphatic heterocycles. The number of anilines is 1. The van der Waals surface area contributed by atoms with Gasteiger partial charge in [-0.1, -0.05) is 15.9 Å². The third-order valence-electron chi connectivity index (χ3n) is 1.63. The molecule has 0 aliphatic rings. The van der Waals surface area contributed by atoms with Crippen molar-refractivity contribution in [3.05, 3.63) is 22.7 Å². The van der Waals surface area contributed by atoms with E-state index in [9.17, 15) is 0 Å². The maximum atomic E-state index is 5.85. The van der Waals surface area contributed by atoms with Gasteiger partial charge in [0.2, 0.25) is 0 Å². The smallest absolute Gasteiger partial charge is 0.0463 e. The minimum atomic E-state index is 0.828. The highest BCUT2D eigenvalue weighted by molar-refractivity contribution is 9.10. The van der Waals surface area contributed by atoms with Gasteiger partial charge in [-0.2, -0.15) is 0 Å². The van der Waals surface area contributed by atoms with E-state index < -0.39 is 0 Å². The van der Waals surface area contributed by atoms with Crippen LogP contribution in [0.1, 0.15) is 13.3 Å². The van der Waals surface area contributed by atoms with Gasteiger partial charge >= 0.3 is 0 Å². The summed E-state index contributed by atoms with van der Waals surface area (Å²) in [5.74, 6) is 6.90. The van der Waals surface area contributed by atoms with Gasteiger partial charge in [-0.15, -0.1) is 23.6 Å². The maximum absolute atomic E-state index is 5.85. The number of rotatable bonds is 3. The van der Waals surface area contributed by atoms with Crippen molar-refractivity contribution in [3.8, 4) is 11.8 Å². The molecule has 0 saturated heterocycles. The normalized spacial score (nSPS) is 9.29. The van der Waals surface area contributed by atoms with E-state index in [4.69, 9.17) is 5.73 Å². The van der Waals surface area contributed by atoms with Crippen molar-refractivity contribution < 1.29 is 0 Å². The van der Waals surface area contributed by atoms with Gasteiger partial charge in [0.05, 0.1) is 0 Å². The van der Waals surface area contributed by atoms with Crippen molar-refractivity contribution in [2.24, 2.45) is 0 Å². The van der Waals surface area contributed by atoms with Crippen LogP contribution >= 0.6 is 27.7 Å². The van der Waals surface area contributed by atoms with Crippen molar-refractivity contribution in [1.29, 1.82) is 0 Å². The molecular formula is C11H12BrNS. The van der Waals surface area contributed by atoms with Crippen LogP contribution in [0.3, 0.4) is 0 Å². The summed E-state index contributed by atoms with van der Waals surface area (Å²) >= 11 is 5.13. The van der Waals surface area contributed by atoms with Gasteiger partial charge in [-0.05, 0) is 25.1 Å². The van der Waals surface area contributed by atoms with Crippen molar-refractivity contribution in [1.82, 2.24) is 0 Å². The van der Waals surface area contributed by atoms with E-state index >= 15 is 0 Å². The Hall–Kier alpha value is -0.590. The Kier molecular flexibility index (Phi) is 4.92. The standard InChI is InChI=1S/C11H12BrNS/c1-2-3-4-7-14-11-6-5-9(12)8-10(11)13/h5-6,8H,4,7,13H2,1H3. The number of hydrogen-bond donors (Lipinski definition) is 1. The van der Waals surface area contributed by atoms with Crippen molar-refractivity contribution >= 4 is 33.4 Å². The molecule has 0 aliphatic carbocycles. The number of nitrogen functional groups attached to an aromatic ring is 1. The van der Waals surface area contributed by atoms with Crippen LogP contribution in [0.5, 0.6) is 0 Å². The Balaban J connectivity index is 2.53. The molecule has 0 amide bonds. The minimum absolute atomic E-state index is 0.828. The lowest BCUT2D eigenvalue weighted by molar-refractivity contribution is 1.29. The molecule has 1 nitrogen and oxygen atoms in total. The third-order valence-corrected chi connectivity index (χ3v) is 3.22. The van der Waals surface area contributed by atoms with Crippen LogP contribution in [0.25, 0.3) is 0 Å². The van der Waals surface area contributed by atoms with E-state index in [1.165, 1.54) is 0 Å². The van der Waals surface area contributed by atoms with Crippen LogP contribution in [0.2, 0.25) is 0 Å². The molecule has 0 heterocycles. The molecule has 0 fully saturated rings. The molecule has 0 aromatic heterocycles. The lowest BCUT2D eigenvalue weighted by Gasteiger charge is -2.03. The second-order valence-corrected chi connectivity index (χ2v) is 4.76. The number of nitrogens with two attached hydrogens (primary N) is 1. The summed E-state index contributed by atoms with van der Waals surface area (Å²) in [6.07, 6.45) is 0.913. The Bertz CT molecular complexity index is 365. The summed E-state index contributed by atoms with van der Waals surface area (Å²) in [4.78, 5) is 1.13. The first kappa shape index (κ1) is 11.5. The van der Waals surface area contributed by atoms with E-state index in [0.29, 0.717) is 0 Å². The van der Waals surface area contributed by atoms with Crippen LogP contribution in [0.4, 0.5) is 5.69 Å². The van der Waals surface area contributed by atoms with E-state index in [2.05, 4.69) is 27.8 Å². The Morgan fingerprint density at radius 1 is 1.50 bits per heavy atom. The average molecular weight is 270 g/mol. The molecule has 1 aromatic carbocycles. The second-order valence-electron chi connectivity index (χ2n) is 2.71. The van der Waals surface area contributed by atoms with Gasteiger partial charge in [0, 0.05) is 27.2 Å². The lowest BCUT2D eigenvalue weighted by atomic mass is 10.3. The number of halogens is 1. The molecule has 0 radical (unpaired) electrons.